The van der Waals surface area contributed by atoms with E-state index >= 15 is 0 Å². The third-order valence-electron chi connectivity index (χ3n) is 9.54. The number of unbranched alkanes of at least 4 members (excludes halogenated alkanes) is 13. The van der Waals surface area contributed by atoms with E-state index in [9.17, 15) is 14.4 Å². The van der Waals surface area contributed by atoms with Crippen LogP contribution in [0.4, 0.5) is 0 Å². The first kappa shape index (κ1) is 56.8. The van der Waals surface area contributed by atoms with Crippen LogP contribution < -0.4 is 0 Å². The van der Waals surface area contributed by atoms with Crippen molar-refractivity contribution in [3.05, 3.63) is 122 Å². The first-order valence-corrected chi connectivity index (χ1v) is 24.1. The van der Waals surface area contributed by atoms with Gasteiger partial charge in [0.05, 0.1) is 0 Å². The maximum Gasteiger partial charge on any atom is 0.306 e. The number of hydrogen-bond donors (Lipinski definition) is 0. The molecule has 0 aromatic carbocycles. The van der Waals surface area contributed by atoms with Gasteiger partial charge in [-0.25, -0.2) is 0 Å². The molecular formula is C55H86O6. The van der Waals surface area contributed by atoms with Gasteiger partial charge in [0.1, 0.15) is 13.2 Å². The van der Waals surface area contributed by atoms with Crippen molar-refractivity contribution in [3.63, 3.8) is 0 Å². The minimum Gasteiger partial charge on any atom is -0.462 e. The van der Waals surface area contributed by atoms with Crippen molar-refractivity contribution in [2.24, 2.45) is 0 Å². The maximum absolute atomic E-state index is 12.8. The molecule has 0 aromatic heterocycles. The predicted octanol–water partition coefficient (Wildman–Crippen LogP) is 15.7. The molecule has 1 unspecified atom stereocenters. The molecule has 0 bridgehead atoms. The number of carbonyl (C=O) groups is 3. The summed E-state index contributed by atoms with van der Waals surface area (Å²) in [5.74, 6) is -1.08. The second kappa shape index (κ2) is 48.5. The summed E-state index contributed by atoms with van der Waals surface area (Å²) < 4.78 is 16.6. The molecule has 0 aromatic rings. The smallest absolute Gasteiger partial charge is 0.306 e. The van der Waals surface area contributed by atoms with Crippen LogP contribution in [0.25, 0.3) is 0 Å². The zero-order chi connectivity index (χ0) is 44.4. The molecule has 0 aliphatic rings. The largest absolute Gasteiger partial charge is 0.462 e. The van der Waals surface area contributed by atoms with Crippen LogP contribution in [-0.4, -0.2) is 37.2 Å². The summed E-state index contributed by atoms with van der Waals surface area (Å²) in [6.07, 6.45) is 66.2. The van der Waals surface area contributed by atoms with Crippen LogP contribution >= 0.6 is 0 Å². The lowest BCUT2D eigenvalue weighted by atomic mass is 10.1. The predicted molar refractivity (Wildman–Crippen MR) is 260 cm³/mol. The Morgan fingerprint density at radius 1 is 0.361 bits per heavy atom. The van der Waals surface area contributed by atoms with Crippen molar-refractivity contribution in [1.82, 2.24) is 0 Å². The summed E-state index contributed by atoms with van der Waals surface area (Å²) in [5, 5.41) is 0. The summed E-state index contributed by atoms with van der Waals surface area (Å²) >= 11 is 0. The normalized spacial score (nSPS) is 13.2. The molecule has 0 rings (SSSR count). The van der Waals surface area contributed by atoms with Gasteiger partial charge in [0.15, 0.2) is 6.10 Å². The zero-order valence-electron chi connectivity index (χ0n) is 38.9. The first-order chi connectivity index (χ1) is 30.0. The van der Waals surface area contributed by atoms with Crippen molar-refractivity contribution >= 4 is 17.9 Å². The molecule has 61 heavy (non-hydrogen) atoms. The van der Waals surface area contributed by atoms with Gasteiger partial charge in [-0.05, 0) is 96.3 Å². The zero-order valence-corrected chi connectivity index (χ0v) is 38.9. The fourth-order valence-electron chi connectivity index (χ4n) is 5.96. The summed E-state index contributed by atoms with van der Waals surface area (Å²) in [6, 6.07) is 0. The third kappa shape index (κ3) is 46.7. The second-order valence-electron chi connectivity index (χ2n) is 15.3. The maximum atomic E-state index is 12.8. The summed E-state index contributed by atoms with van der Waals surface area (Å²) in [7, 11) is 0. The van der Waals surface area contributed by atoms with E-state index in [2.05, 4.69) is 93.7 Å². The van der Waals surface area contributed by atoms with Crippen LogP contribution in [0.5, 0.6) is 0 Å². The Bertz CT molecular complexity index is 1340. The van der Waals surface area contributed by atoms with E-state index in [1.165, 1.54) is 44.9 Å². The average Bonchev–Trinajstić information content (AvgIpc) is 3.26. The van der Waals surface area contributed by atoms with Gasteiger partial charge < -0.3 is 14.2 Å². The Balaban J connectivity index is 4.60. The van der Waals surface area contributed by atoms with Crippen LogP contribution in [0, 0.1) is 0 Å². The molecule has 0 N–H and O–H groups in total. The summed E-state index contributed by atoms with van der Waals surface area (Å²) in [4.78, 5) is 37.8. The molecular weight excluding hydrogens is 757 g/mol. The van der Waals surface area contributed by atoms with Gasteiger partial charge in [0.2, 0.25) is 0 Å². The molecule has 0 radical (unpaired) electrons. The Labute approximate surface area is 373 Å². The second-order valence-corrected chi connectivity index (χ2v) is 15.3. The lowest BCUT2D eigenvalue weighted by Crippen LogP contribution is -2.30. The Hall–Kier alpha value is -4.19. The van der Waals surface area contributed by atoms with Crippen molar-refractivity contribution in [2.45, 2.75) is 194 Å². The summed E-state index contributed by atoms with van der Waals surface area (Å²) in [5.41, 5.74) is 0. The average molecular weight is 843 g/mol. The lowest BCUT2D eigenvalue weighted by Gasteiger charge is -2.18. The molecule has 0 aliphatic heterocycles. The number of ether oxygens (including phenoxy) is 3. The van der Waals surface area contributed by atoms with Crippen LogP contribution in [-0.2, 0) is 28.6 Å². The molecule has 6 heteroatoms. The van der Waals surface area contributed by atoms with Crippen molar-refractivity contribution < 1.29 is 28.6 Å². The number of rotatable bonds is 41. The van der Waals surface area contributed by atoms with E-state index in [1.807, 2.05) is 48.6 Å². The first-order valence-electron chi connectivity index (χ1n) is 24.1. The third-order valence-corrected chi connectivity index (χ3v) is 9.54. The van der Waals surface area contributed by atoms with Gasteiger partial charge >= 0.3 is 17.9 Å². The highest BCUT2D eigenvalue weighted by Crippen LogP contribution is 2.12. The van der Waals surface area contributed by atoms with E-state index in [0.717, 1.165) is 96.3 Å². The number of hydrogen-bond acceptors (Lipinski definition) is 6. The highest BCUT2D eigenvalue weighted by atomic mass is 16.6. The SMILES string of the molecule is CC\C=C/C=C\C=C/C=C\CCCCCC(=O)OCC(COC(=O)CC/C=C\C/C=C\C/C=C\C/C=C\C/C=C\CC)OC(=O)CCCCC/C=C\CCCCCCCCC. The minimum absolute atomic E-state index is 0.131. The topological polar surface area (TPSA) is 78.9 Å². The molecule has 0 saturated carbocycles. The van der Waals surface area contributed by atoms with Crippen molar-refractivity contribution in [2.75, 3.05) is 13.2 Å². The van der Waals surface area contributed by atoms with E-state index in [0.29, 0.717) is 12.8 Å². The highest BCUT2D eigenvalue weighted by Gasteiger charge is 2.19. The minimum atomic E-state index is -0.834. The molecule has 0 amide bonds. The van der Waals surface area contributed by atoms with Crippen molar-refractivity contribution in [1.29, 1.82) is 0 Å². The molecule has 0 fully saturated rings. The molecule has 0 saturated heterocycles. The molecule has 0 heterocycles. The molecule has 1 atom stereocenters. The van der Waals surface area contributed by atoms with Gasteiger partial charge in [-0.1, -0.05) is 194 Å². The van der Waals surface area contributed by atoms with E-state index in [-0.39, 0.29) is 44.0 Å². The molecule has 342 valence electrons. The van der Waals surface area contributed by atoms with Gasteiger partial charge in [0, 0.05) is 19.3 Å². The highest BCUT2D eigenvalue weighted by molar-refractivity contribution is 5.71. The number of esters is 3. The quantitative estimate of drug-likeness (QED) is 0.0201. The van der Waals surface area contributed by atoms with Gasteiger partial charge in [-0.2, -0.15) is 0 Å². The van der Waals surface area contributed by atoms with Gasteiger partial charge in [-0.3, -0.25) is 14.4 Å². The van der Waals surface area contributed by atoms with Gasteiger partial charge in [0.25, 0.3) is 0 Å². The molecule has 0 spiro atoms. The Morgan fingerprint density at radius 3 is 1.30 bits per heavy atom. The Morgan fingerprint density at radius 2 is 0.754 bits per heavy atom. The summed E-state index contributed by atoms with van der Waals surface area (Å²) in [6.45, 7) is 6.23. The monoisotopic (exact) mass is 843 g/mol. The van der Waals surface area contributed by atoms with Crippen LogP contribution in [0.2, 0.25) is 0 Å². The number of carbonyl (C=O) groups excluding carboxylic acids is 3. The fourth-order valence-corrected chi connectivity index (χ4v) is 5.96. The molecule has 0 aliphatic carbocycles. The standard InChI is InChI=1S/C55H86O6/c1-4-7-10-13-16-19-22-25-27-28-31-33-36-39-42-45-48-54(57)60-51-52(50-59-53(56)47-44-41-38-35-32-29-24-21-18-15-12-9-6-3)61-55(58)49-46-43-40-37-34-30-26-23-20-17-14-11-8-5-2/h7,9-10,12,15-16,18-19,21,24-25,27,29-34,39,42,52H,4-6,8,11,13-14,17,20,22-23,26,28,35-38,40-41,43-51H2,1-3H3/b10-7-,12-9-,18-15-,19-16-,24-21-,27-25-,32-29-,33-31-,34-30-,42-39-. The van der Waals surface area contributed by atoms with Crippen LogP contribution in [0.3, 0.4) is 0 Å². The van der Waals surface area contributed by atoms with Gasteiger partial charge in [-0.15, -0.1) is 0 Å². The lowest BCUT2D eigenvalue weighted by molar-refractivity contribution is -0.166. The van der Waals surface area contributed by atoms with E-state index < -0.39 is 6.10 Å². The molecule has 6 nitrogen and oxygen atoms in total. The Kier molecular flexibility index (Phi) is 45.1. The number of allylic oxidation sites excluding steroid dienone is 20. The van der Waals surface area contributed by atoms with Crippen LogP contribution in [0.1, 0.15) is 188 Å². The van der Waals surface area contributed by atoms with Crippen LogP contribution in [0.15, 0.2) is 122 Å². The van der Waals surface area contributed by atoms with Crippen molar-refractivity contribution in [3.8, 4) is 0 Å². The van der Waals surface area contributed by atoms with E-state index in [1.54, 1.807) is 0 Å². The fraction of sp³-hybridized carbons (Fsp3) is 0.582. The van der Waals surface area contributed by atoms with E-state index in [4.69, 9.17) is 14.2 Å².